The van der Waals surface area contributed by atoms with Crippen LogP contribution in [0.15, 0.2) is 57.2 Å². The Bertz CT molecular complexity index is 724. The van der Waals surface area contributed by atoms with E-state index in [4.69, 9.17) is 0 Å². The number of nitrogens with zero attached hydrogens (tertiary/aromatic N) is 2. The Labute approximate surface area is 212 Å². The van der Waals surface area contributed by atoms with Gasteiger partial charge in [0.25, 0.3) is 0 Å². The van der Waals surface area contributed by atoms with Crippen LogP contribution >= 0.6 is 47.9 Å². The number of thiol groups is 2. The van der Waals surface area contributed by atoms with E-state index in [0.29, 0.717) is 0 Å². The van der Waals surface area contributed by atoms with Gasteiger partial charge in [0.2, 0.25) is 0 Å². The minimum absolute atomic E-state index is 0. The van der Waals surface area contributed by atoms with Gasteiger partial charge in [-0.3, -0.25) is 0 Å². The molecule has 2 aromatic heterocycles. The quantitative estimate of drug-likeness (QED) is 0.347. The van der Waals surface area contributed by atoms with E-state index in [1.165, 1.54) is 9.40 Å². The minimum atomic E-state index is 0. The molecule has 22 heavy (non-hydrogen) atoms. The number of para-hydroxylation sites is 2. The van der Waals surface area contributed by atoms with Gasteiger partial charge in [-0.1, -0.05) is 24.3 Å². The predicted molar refractivity (Wildman–Crippen MR) is 108 cm³/mol. The van der Waals surface area contributed by atoms with Crippen molar-refractivity contribution in [3.63, 3.8) is 0 Å². The van der Waals surface area contributed by atoms with Crippen molar-refractivity contribution in [2.75, 3.05) is 0 Å². The van der Waals surface area contributed by atoms with Crippen LogP contribution in [0.5, 0.6) is 0 Å². The van der Waals surface area contributed by atoms with E-state index in [1.807, 2.05) is 48.5 Å². The Morgan fingerprint density at radius 3 is 1.41 bits per heavy atom. The summed E-state index contributed by atoms with van der Waals surface area (Å²) in [6, 6.07) is 16.1. The Balaban J connectivity index is 0.000000202. The first kappa shape index (κ1) is 21.6. The summed E-state index contributed by atoms with van der Waals surface area (Å²) in [6.07, 6.45) is 0. The summed E-state index contributed by atoms with van der Waals surface area (Å²) in [5.74, 6) is 0. The third-order valence-electron chi connectivity index (χ3n) is 2.57. The van der Waals surface area contributed by atoms with Crippen molar-refractivity contribution >= 4 is 149 Å². The van der Waals surface area contributed by atoms with Crippen LogP contribution in [0.3, 0.4) is 0 Å². The Morgan fingerprint density at radius 2 is 1.05 bits per heavy atom. The topological polar surface area (TPSA) is 25.8 Å². The molecule has 2 heterocycles. The van der Waals surface area contributed by atoms with Crippen molar-refractivity contribution < 1.29 is 0 Å². The Morgan fingerprint density at radius 1 is 0.682 bits per heavy atom. The fourth-order valence-corrected chi connectivity index (χ4v) is 3.94. The zero-order chi connectivity index (χ0) is 13.9. The van der Waals surface area contributed by atoms with Crippen molar-refractivity contribution in [2.45, 2.75) is 8.68 Å². The molecule has 0 saturated heterocycles. The molecular weight excluding hydrogens is 387 g/mol. The molecule has 0 unspecified atom stereocenters. The molecule has 2 nitrogen and oxygen atoms in total. The standard InChI is InChI=1S/2C7H5NS2.K.Na.2H/c2*9-7-8-5-3-1-2-4-6(5)10-7;;;;/h2*1-4H,(H,8,9);;;;. The van der Waals surface area contributed by atoms with Crippen LogP contribution in [0.4, 0.5) is 0 Å². The van der Waals surface area contributed by atoms with Gasteiger partial charge in [-0.25, -0.2) is 9.97 Å². The molecule has 0 atom stereocenters. The second-order valence-electron chi connectivity index (χ2n) is 3.93. The third-order valence-corrected chi connectivity index (χ3v) is 4.99. The van der Waals surface area contributed by atoms with Crippen molar-refractivity contribution in [1.82, 2.24) is 9.97 Å². The maximum atomic E-state index is 4.20. The van der Waals surface area contributed by atoms with Gasteiger partial charge in [0.1, 0.15) is 8.68 Å². The van der Waals surface area contributed by atoms with Gasteiger partial charge in [-0.05, 0) is 24.3 Å². The van der Waals surface area contributed by atoms with Crippen LogP contribution in [0.25, 0.3) is 20.4 Å². The van der Waals surface area contributed by atoms with E-state index in [0.717, 1.165) is 19.7 Å². The molecule has 0 aliphatic heterocycles. The molecule has 0 bridgehead atoms. The molecule has 0 aliphatic rings. The number of hydrogen-bond donors (Lipinski definition) is 2. The van der Waals surface area contributed by atoms with Crippen LogP contribution in [0.1, 0.15) is 0 Å². The summed E-state index contributed by atoms with van der Waals surface area (Å²) < 4.78 is 4.07. The molecule has 0 saturated carbocycles. The van der Waals surface area contributed by atoms with Crippen molar-refractivity contribution in [1.29, 1.82) is 0 Å². The summed E-state index contributed by atoms with van der Waals surface area (Å²) in [5, 5.41) is 0. The summed E-state index contributed by atoms with van der Waals surface area (Å²) in [5.41, 5.74) is 2.08. The molecule has 104 valence electrons. The van der Waals surface area contributed by atoms with Crippen LogP contribution < -0.4 is 0 Å². The number of aromatic nitrogens is 2. The number of thiazole rings is 2. The predicted octanol–water partition coefficient (Wildman–Crippen LogP) is 3.87. The van der Waals surface area contributed by atoms with E-state index < -0.39 is 0 Å². The van der Waals surface area contributed by atoms with Gasteiger partial charge in [0, 0.05) is 0 Å². The molecule has 0 amide bonds. The van der Waals surface area contributed by atoms with E-state index in [9.17, 15) is 0 Å². The van der Waals surface area contributed by atoms with Gasteiger partial charge in [0.05, 0.1) is 20.4 Å². The van der Waals surface area contributed by atoms with Crippen LogP contribution in [0.2, 0.25) is 0 Å². The van der Waals surface area contributed by atoms with Gasteiger partial charge in [-0.15, -0.1) is 47.9 Å². The Kier molecular flexibility index (Phi) is 10.3. The summed E-state index contributed by atoms with van der Waals surface area (Å²) in [6.45, 7) is 0. The third kappa shape index (κ3) is 5.82. The van der Waals surface area contributed by atoms with E-state index in [-0.39, 0.29) is 80.9 Å². The first-order valence-electron chi connectivity index (χ1n) is 5.81. The maximum absolute atomic E-state index is 4.20. The van der Waals surface area contributed by atoms with Crippen molar-refractivity contribution in [2.24, 2.45) is 0 Å². The molecule has 4 aromatic rings. The summed E-state index contributed by atoms with van der Waals surface area (Å²) in [4.78, 5) is 8.39. The molecular formula is C14H12KN2NaS4. The van der Waals surface area contributed by atoms with E-state index in [2.05, 4.69) is 35.2 Å². The van der Waals surface area contributed by atoms with Gasteiger partial charge >= 0.3 is 80.9 Å². The monoisotopic (exact) mass is 398 g/mol. The zero-order valence-electron chi connectivity index (χ0n) is 10.2. The van der Waals surface area contributed by atoms with Crippen molar-refractivity contribution in [3.05, 3.63) is 48.5 Å². The molecule has 2 aromatic carbocycles. The average molecular weight is 399 g/mol. The van der Waals surface area contributed by atoms with Gasteiger partial charge < -0.3 is 0 Å². The number of hydrogen-bond acceptors (Lipinski definition) is 6. The molecule has 0 radical (unpaired) electrons. The van der Waals surface area contributed by atoms with Gasteiger partial charge in [-0.2, -0.15) is 0 Å². The molecule has 0 spiro atoms. The molecule has 0 aliphatic carbocycles. The molecule has 0 fully saturated rings. The molecule has 4 rings (SSSR count). The van der Waals surface area contributed by atoms with Crippen LogP contribution in [0, 0.1) is 0 Å². The fraction of sp³-hybridized carbons (Fsp3) is 0. The average Bonchev–Trinajstić information content (AvgIpc) is 2.99. The second-order valence-corrected chi connectivity index (χ2v) is 7.44. The number of benzene rings is 2. The number of rotatable bonds is 0. The first-order chi connectivity index (χ1) is 9.72. The second kappa shape index (κ2) is 10.5. The molecule has 0 N–H and O–H groups in total. The summed E-state index contributed by atoms with van der Waals surface area (Å²) >= 11 is 11.5. The summed E-state index contributed by atoms with van der Waals surface area (Å²) in [7, 11) is 0. The van der Waals surface area contributed by atoms with Gasteiger partial charge in [0.15, 0.2) is 0 Å². The molecule has 8 heteroatoms. The fourth-order valence-electron chi connectivity index (χ4n) is 1.72. The van der Waals surface area contributed by atoms with E-state index in [1.54, 1.807) is 22.7 Å². The van der Waals surface area contributed by atoms with E-state index >= 15 is 0 Å². The SMILES string of the molecule is Sc1nc2ccccc2s1.Sc1nc2ccccc2s1.[KH].[NaH]. The zero-order valence-corrected chi connectivity index (χ0v) is 13.6. The first-order valence-corrected chi connectivity index (χ1v) is 8.34. The Hall–Kier alpha value is 1.56. The van der Waals surface area contributed by atoms with Crippen LogP contribution in [-0.4, -0.2) is 90.9 Å². The van der Waals surface area contributed by atoms with Crippen LogP contribution in [-0.2, 0) is 0 Å². The normalized spacial score (nSPS) is 9.55. The van der Waals surface area contributed by atoms with Crippen molar-refractivity contribution in [3.8, 4) is 0 Å². The number of fused-ring (bicyclic) bond motifs is 2.